The summed E-state index contributed by atoms with van der Waals surface area (Å²) in [4.78, 5) is 9.88. The Morgan fingerprint density at radius 3 is 2.33 bits per heavy atom. The van der Waals surface area contributed by atoms with E-state index in [2.05, 4.69) is 13.5 Å². The van der Waals surface area contributed by atoms with Crippen LogP contribution in [0.15, 0.2) is 12.7 Å². The van der Waals surface area contributed by atoms with Gasteiger partial charge in [-0.25, -0.2) is 9.78 Å². The lowest BCUT2D eigenvalue weighted by molar-refractivity contribution is -0.295. The van der Waals surface area contributed by atoms with Gasteiger partial charge in [0.25, 0.3) is 0 Å². The van der Waals surface area contributed by atoms with E-state index in [0.29, 0.717) is 6.61 Å². The van der Waals surface area contributed by atoms with Gasteiger partial charge in [-0.1, -0.05) is 25.8 Å². The Labute approximate surface area is 75.5 Å². The van der Waals surface area contributed by atoms with E-state index in [0.717, 1.165) is 25.9 Å². The van der Waals surface area contributed by atoms with Crippen molar-refractivity contribution in [3.63, 3.8) is 0 Å². The van der Waals surface area contributed by atoms with E-state index in [4.69, 9.17) is 9.78 Å². The fraction of sp³-hybridized carbons (Fsp3) is 0.800. The summed E-state index contributed by atoms with van der Waals surface area (Å²) in [6.45, 7) is 7.20. The number of rotatable bonds is 9. The van der Waals surface area contributed by atoms with Crippen molar-refractivity contribution < 1.29 is 9.78 Å². The fourth-order valence-electron chi connectivity index (χ4n) is 0.815. The van der Waals surface area contributed by atoms with Gasteiger partial charge >= 0.3 is 0 Å². The molecule has 0 aromatic rings. The molecule has 0 radical (unpaired) electrons. The number of hydrogen-bond donors (Lipinski definition) is 0. The standard InChI is InChI=1S/C10H20O2/c1-3-5-7-9-11-12-10-8-6-4-2/h3H,1,4-10H2,2H3. The summed E-state index contributed by atoms with van der Waals surface area (Å²) in [5, 5.41) is 0. The second-order valence-electron chi connectivity index (χ2n) is 2.78. The minimum atomic E-state index is 0.679. The monoisotopic (exact) mass is 172 g/mol. The summed E-state index contributed by atoms with van der Waals surface area (Å²) in [6.07, 6.45) is 7.42. The van der Waals surface area contributed by atoms with Crippen molar-refractivity contribution in [2.24, 2.45) is 0 Å². The maximum atomic E-state index is 4.95. The Morgan fingerprint density at radius 1 is 1.08 bits per heavy atom. The largest absolute Gasteiger partial charge is 0.237 e. The Kier molecular flexibility index (Phi) is 10.4. The zero-order valence-electron chi connectivity index (χ0n) is 8.05. The van der Waals surface area contributed by atoms with Crippen molar-refractivity contribution in [1.82, 2.24) is 0 Å². The lowest BCUT2D eigenvalue weighted by Crippen LogP contribution is -1.98. The molecule has 0 unspecified atom stereocenters. The molecule has 2 nitrogen and oxygen atoms in total. The summed E-state index contributed by atoms with van der Waals surface area (Å²) in [6, 6.07) is 0. The number of allylic oxidation sites excluding steroid dienone is 1. The van der Waals surface area contributed by atoms with Gasteiger partial charge in [-0.05, 0) is 19.3 Å². The highest BCUT2D eigenvalue weighted by molar-refractivity contribution is 4.64. The molecule has 0 N–H and O–H groups in total. The predicted octanol–water partition coefficient (Wildman–Crippen LogP) is 3.09. The maximum Gasteiger partial charge on any atom is 0.0825 e. The van der Waals surface area contributed by atoms with Crippen molar-refractivity contribution in [2.75, 3.05) is 13.2 Å². The SMILES string of the molecule is C=CCCCOOCCCCC. The third-order valence-corrected chi connectivity index (χ3v) is 1.55. The van der Waals surface area contributed by atoms with Crippen LogP contribution in [0.2, 0.25) is 0 Å². The minimum absolute atomic E-state index is 0.679. The fourth-order valence-corrected chi connectivity index (χ4v) is 0.815. The normalized spacial score (nSPS) is 10.1. The predicted molar refractivity (Wildman–Crippen MR) is 50.9 cm³/mol. The third kappa shape index (κ3) is 9.66. The molecule has 0 rings (SSSR count). The Balaban J connectivity index is 2.77. The second-order valence-corrected chi connectivity index (χ2v) is 2.78. The highest BCUT2D eigenvalue weighted by Crippen LogP contribution is 1.96. The van der Waals surface area contributed by atoms with Gasteiger partial charge in [0.2, 0.25) is 0 Å². The van der Waals surface area contributed by atoms with Gasteiger partial charge in [0.05, 0.1) is 13.2 Å². The molecule has 0 bridgehead atoms. The molecule has 0 atom stereocenters. The molecule has 12 heavy (non-hydrogen) atoms. The third-order valence-electron chi connectivity index (χ3n) is 1.55. The van der Waals surface area contributed by atoms with Gasteiger partial charge in [-0.15, -0.1) is 6.58 Å². The lowest BCUT2D eigenvalue weighted by Gasteiger charge is -2.01. The lowest BCUT2D eigenvalue weighted by atomic mass is 10.3. The maximum absolute atomic E-state index is 4.95. The first kappa shape index (κ1) is 11.7. The summed E-state index contributed by atoms with van der Waals surface area (Å²) < 4.78 is 0. The molecule has 0 fully saturated rings. The molecule has 0 heterocycles. The van der Waals surface area contributed by atoms with Crippen LogP contribution in [0, 0.1) is 0 Å². The summed E-state index contributed by atoms with van der Waals surface area (Å²) in [5.41, 5.74) is 0. The molecular weight excluding hydrogens is 152 g/mol. The van der Waals surface area contributed by atoms with E-state index in [1.54, 1.807) is 0 Å². The molecule has 0 aromatic carbocycles. The summed E-state index contributed by atoms with van der Waals surface area (Å²) in [7, 11) is 0. The van der Waals surface area contributed by atoms with Gasteiger partial charge in [0.15, 0.2) is 0 Å². The van der Waals surface area contributed by atoms with Crippen molar-refractivity contribution >= 4 is 0 Å². The first-order chi connectivity index (χ1) is 5.91. The zero-order chi connectivity index (χ0) is 9.07. The Bertz CT molecular complexity index is 91.8. The zero-order valence-corrected chi connectivity index (χ0v) is 8.05. The number of unbranched alkanes of at least 4 members (excludes halogenated alkanes) is 3. The smallest absolute Gasteiger partial charge is 0.0825 e. The van der Waals surface area contributed by atoms with E-state index in [1.165, 1.54) is 12.8 Å². The molecule has 72 valence electrons. The average Bonchev–Trinajstić information content (AvgIpc) is 2.10. The topological polar surface area (TPSA) is 18.5 Å². The van der Waals surface area contributed by atoms with Crippen molar-refractivity contribution in [3.05, 3.63) is 12.7 Å². The van der Waals surface area contributed by atoms with Gasteiger partial charge in [-0.3, -0.25) is 0 Å². The minimum Gasteiger partial charge on any atom is -0.237 e. The Morgan fingerprint density at radius 2 is 1.75 bits per heavy atom. The van der Waals surface area contributed by atoms with Crippen LogP contribution in [-0.4, -0.2) is 13.2 Å². The first-order valence-corrected chi connectivity index (χ1v) is 4.77. The molecule has 0 saturated carbocycles. The van der Waals surface area contributed by atoms with Crippen LogP contribution < -0.4 is 0 Å². The summed E-state index contributed by atoms with van der Waals surface area (Å²) >= 11 is 0. The van der Waals surface area contributed by atoms with Gasteiger partial charge in [0.1, 0.15) is 0 Å². The highest BCUT2D eigenvalue weighted by atomic mass is 17.2. The van der Waals surface area contributed by atoms with Gasteiger partial charge in [0, 0.05) is 0 Å². The Hall–Kier alpha value is -0.340. The van der Waals surface area contributed by atoms with Crippen LogP contribution in [0.1, 0.15) is 39.0 Å². The molecule has 0 spiro atoms. The van der Waals surface area contributed by atoms with E-state index < -0.39 is 0 Å². The van der Waals surface area contributed by atoms with Crippen LogP contribution in [0.4, 0.5) is 0 Å². The van der Waals surface area contributed by atoms with Crippen LogP contribution in [0.5, 0.6) is 0 Å². The number of hydrogen-bond acceptors (Lipinski definition) is 2. The molecule has 0 aliphatic heterocycles. The molecule has 2 heteroatoms. The highest BCUT2D eigenvalue weighted by Gasteiger charge is 1.88. The van der Waals surface area contributed by atoms with Gasteiger partial charge < -0.3 is 0 Å². The van der Waals surface area contributed by atoms with Crippen LogP contribution >= 0.6 is 0 Å². The van der Waals surface area contributed by atoms with Crippen molar-refractivity contribution in [1.29, 1.82) is 0 Å². The van der Waals surface area contributed by atoms with E-state index >= 15 is 0 Å². The van der Waals surface area contributed by atoms with E-state index in [1.807, 2.05) is 6.08 Å². The molecule has 0 aliphatic carbocycles. The summed E-state index contributed by atoms with van der Waals surface area (Å²) in [5.74, 6) is 0. The van der Waals surface area contributed by atoms with Crippen LogP contribution in [0.3, 0.4) is 0 Å². The second kappa shape index (κ2) is 10.7. The van der Waals surface area contributed by atoms with Crippen LogP contribution in [0.25, 0.3) is 0 Å². The molecular formula is C10H20O2. The average molecular weight is 172 g/mol. The van der Waals surface area contributed by atoms with Gasteiger partial charge in [-0.2, -0.15) is 0 Å². The van der Waals surface area contributed by atoms with Crippen LogP contribution in [-0.2, 0) is 9.78 Å². The molecule has 0 aromatic heterocycles. The molecule has 0 saturated heterocycles. The quantitative estimate of drug-likeness (QED) is 0.230. The van der Waals surface area contributed by atoms with E-state index in [-0.39, 0.29) is 0 Å². The van der Waals surface area contributed by atoms with E-state index in [9.17, 15) is 0 Å². The molecule has 0 aliphatic rings. The molecule has 0 amide bonds. The van der Waals surface area contributed by atoms with Crippen molar-refractivity contribution in [2.45, 2.75) is 39.0 Å². The van der Waals surface area contributed by atoms with Crippen molar-refractivity contribution in [3.8, 4) is 0 Å². The first-order valence-electron chi connectivity index (χ1n) is 4.77.